The first-order valence-electron chi connectivity index (χ1n) is 10.9. The van der Waals surface area contributed by atoms with Gasteiger partial charge in [-0.3, -0.25) is 4.79 Å². The standard InChI is InChI=1S/C23H36N2O8/c1-23(2,3)33-22(29)25-19(8-9-20(24)26)15-32-14-18-6-4-17(5-7-18)10-11-30-12-13-31-16-21(27)28/h4-7,19H,8-16H2,1-3H3,(H2,24,26)(H,25,29)(H,27,28). The number of benzene rings is 1. The second kappa shape index (κ2) is 15.2. The molecule has 0 radical (unpaired) electrons. The minimum Gasteiger partial charge on any atom is -0.480 e. The van der Waals surface area contributed by atoms with Crippen molar-refractivity contribution in [2.24, 2.45) is 5.73 Å². The smallest absolute Gasteiger partial charge is 0.407 e. The van der Waals surface area contributed by atoms with Crippen LogP contribution in [0.2, 0.25) is 0 Å². The van der Waals surface area contributed by atoms with Crippen LogP contribution in [0.4, 0.5) is 4.79 Å². The van der Waals surface area contributed by atoms with E-state index in [0.717, 1.165) is 17.5 Å². The Labute approximate surface area is 194 Å². The van der Waals surface area contributed by atoms with Crippen molar-refractivity contribution in [3.8, 4) is 0 Å². The Morgan fingerprint density at radius 2 is 1.64 bits per heavy atom. The Morgan fingerprint density at radius 3 is 2.24 bits per heavy atom. The molecular weight excluding hydrogens is 432 g/mol. The third-order valence-electron chi connectivity index (χ3n) is 4.20. The molecule has 1 unspecified atom stereocenters. The van der Waals surface area contributed by atoms with E-state index in [1.54, 1.807) is 20.8 Å². The Morgan fingerprint density at radius 1 is 1.00 bits per heavy atom. The van der Waals surface area contributed by atoms with Crippen molar-refractivity contribution in [2.75, 3.05) is 33.0 Å². The molecule has 10 heteroatoms. The van der Waals surface area contributed by atoms with Gasteiger partial charge in [0.25, 0.3) is 0 Å². The number of nitrogens with one attached hydrogen (secondary N) is 1. The highest BCUT2D eigenvalue weighted by Crippen LogP contribution is 2.10. The molecule has 4 N–H and O–H groups in total. The number of rotatable bonds is 16. The average molecular weight is 469 g/mol. The monoisotopic (exact) mass is 468 g/mol. The Hall–Kier alpha value is -2.69. The summed E-state index contributed by atoms with van der Waals surface area (Å²) in [7, 11) is 0. The molecule has 0 saturated heterocycles. The van der Waals surface area contributed by atoms with E-state index in [1.807, 2.05) is 24.3 Å². The first-order chi connectivity index (χ1) is 15.5. The van der Waals surface area contributed by atoms with Crippen molar-refractivity contribution in [2.45, 2.75) is 58.3 Å². The molecule has 2 amide bonds. The number of aliphatic carboxylic acids is 1. The lowest BCUT2D eigenvalue weighted by Gasteiger charge is -2.23. The van der Waals surface area contributed by atoms with Crippen molar-refractivity contribution < 1.29 is 38.4 Å². The van der Waals surface area contributed by atoms with Crippen LogP contribution in [0.5, 0.6) is 0 Å². The molecule has 1 aromatic carbocycles. The van der Waals surface area contributed by atoms with E-state index in [2.05, 4.69) is 5.32 Å². The van der Waals surface area contributed by atoms with Crippen LogP contribution in [-0.4, -0.2) is 67.8 Å². The molecule has 0 bridgehead atoms. The molecule has 1 atom stereocenters. The van der Waals surface area contributed by atoms with E-state index < -0.39 is 29.6 Å². The van der Waals surface area contributed by atoms with Crippen molar-refractivity contribution in [3.05, 3.63) is 35.4 Å². The van der Waals surface area contributed by atoms with E-state index >= 15 is 0 Å². The van der Waals surface area contributed by atoms with Gasteiger partial charge in [-0.05, 0) is 44.7 Å². The van der Waals surface area contributed by atoms with Crippen molar-refractivity contribution in [1.29, 1.82) is 0 Å². The van der Waals surface area contributed by atoms with Crippen LogP contribution in [0.25, 0.3) is 0 Å². The maximum absolute atomic E-state index is 12.0. The Bertz CT molecular complexity index is 731. The number of ether oxygens (including phenoxy) is 4. The van der Waals surface area contributed by atoms with Gasteiger partial charge in [-0.2, -0.15) is 0 Å². The zero-order chi connectivity index (χ0) is 24.7. The summed E-state index contributed by atoms with van der Waals surface area (Å²) in [5, 5.41) is 11.2. The summed E-state index contributed by atoms with van der Waals surface area (Å²) in [6.07, 6.45) is 0.636. The molecule has 0 heterocycles. The fraction of sp³-hybridized carbons (Fsp3) is 0.609. The lowest BCUT2D eigenvalue weighted by Crippen LogP contribution is -2.42. The third-order valence-corrected chi connectivity index (χ3v) is 4.20. The second-order valence-corrected chi connectivity index (χ2v) is 8.49. The largest absolute Gasteiger partial charge is 0.480 e. The molecule has 1 aromatic rings. The number of amides is 2. The molecule has 0 aromatic heterocycles. The quantitative estimate of drug-likeness (QED) is 0.312. The minimum atomic E-state index is -1.00. The van der Waals surface area contributed by atoms with Crippen LogP contribution < -0.4 is 11.1 Å². The molecule has 33 heavy (non-hydrogen) atoms. The number of carbonyl (C=O) groups excluding carboxylic acids is 2. The van der Waals surface area contributed by atoms with Crippen LogP contribution in [-0.2, 0) is 41.6 Å². The molecule has 0 aliphatic rings. The highest BCUT2D eigenvalue weighted by Gasteiger charge is 2.20. The predicted molar refractivity (Wildman–Crippen MR) is 121 cm³/mol. The maximum atomic E-state index is 12.0. The Balaban J connectivity index is 2.36. The van der Waals surface area contributed by atoms with Gasteiger partial charge in [-0.15, -0.1) is 0 Å². The van der Waals surface area contributed by atoms with Gasteiger partial charge < -0.3 is 35.1 Å². The number of alkyl carbamates (subject to hydrolysis) is 1. The van der Waals surface area contributed by atoms with Gasteiger partial charge in [0.2, 0.25) is 5.91 Å². The van der Waals surface area contributed by atoms with Crippen LogP contribution in [0.1, 0.15) is 44.7 Å². The number of hydrogen-bond donors (Lipinski definition) is 3. The third kappa shape index (κ3) is 15.7. The van der Waals surface area contributed by atoms with Crippen molar-refractivity contribution in [1.82, 2.24) is 5.32 Å². The molecular formula is C23H36N2O8. The maximum Gasteiger partial charge on any atom is 0.407 e. The highest BCUT2D eigenvalue weighted by atomic mass is 16.6. The van der Waals surface area contributed by atoms with E-state index in [4.69, 9.17) is 29.8 Å². The number of hydrogen-bond acceptors (Lipinski definition) is 7. The van der Waals surface area contributed by atoms with Gasteiger partial charge in [-0.25, -0.2) is 9.59 Å². The summed E-state index contributed by atoms with van der Waals surface area (Å²) in [5.74, 6) is -1.45. The van der Waals surface area contributed by atoms with E-state index in [0.29, 0.717) is 26.2 Å². The molecule has 10 nitrogen and oxygen atoms in total. The minimum absolute atomic E-state index is 0.131. The fourth-order valence-electron chi connectivity index (χ4n) is 2.68. The highest BCUT2D eigenvalue weighted by molar-refractivity contribution is 5.74. The first-order valence-corrected chi connectivity index (χ1v) is 10.9. The summed E-state index contributed by atoms with van der Waals surface area (Å²) in [6, 6.07) is 7.46. The van der Waals surface area contributed by atoms with E-state index in [-0.39, 0.29) is 26.2 Å². The fourth-order valence-corrected chi connectivity index (χ4v) is 2.68. The molecule has 0 fully saturated rings. The van der Waals surface area contributed by atoms with Crippen molar-refractivity contribution in [3.63, 3.8) is 0 Å². The molecule has 186 valence electrons. The molecule has 0 aliphatic carbocycles. The number of primary amides is 1. The first kappa shape index (κ1) is 28.3. The summed E-state index contributed by atoms with van der Waals surface area (Å²) in [4.78, 5) is 33.5. The van der Waals surface area contributed by atoms with Gasteiger partial charge in [0.1, 0.15) is 12.2 Å². The number of nitrogens with two attached hydrogens (primary N) is 1. The lowest BCUT2D eigenvalue weighted by atomic mass is 10.1. The SMILES string of the molecule is CC(C)(C)OC(=O)NC(CCC(N)=O)COCc1ccc(CCOCCOCC(=O)O)cc1. The van der Waals surface area contributed by atoms with Crippen LogP contribution in [0, 0.1) is 0 Å². The number of carboxylic acid groups (broad SMARTS) is 1. The zero-order valence-corrected chi connectivity index (χ0v) is 19.6. The van der Waals surface area contributed by atoms with Gasteiger partial charge in [0, 0.05) is 6.42 Å². The normalized spacial score (nSPS) is 12.2. The lowest BCUT2D eigenvalue weighted by molar-refractivity contribution is -0.142. The van der Waals surface area contributed by atoms with Crippen LogP contribution >= 0.6 is 0 Å². The Kier molecular flexibility index (Phi) is 13.1. The van der Waals surface area contributed by atoms with Gasteiger partial charge in [0.15, 0.2) is 0 Å². The van der Waals surface area contributed by atoms with Gasteiger partial charge >= 0.3 is 12.1 Å². The van der Waals surface area contributed by atoms with E-state index in [1.165, 1.54) is 0 Å². The second-order valence-electron chi connectivity index (χ2n) is 8.49. The molecule has 0 aliphatic heterocycles. The molecule has 1 rings (SSSR count). The summed E-state index contributed by atoms with van der Waals surface area (Å²) < 4.78 is 21.3. The summed E-state index contributed by atoms with van der Waals surface area (Å²) >= 11 is 0. The van der Waals surface area contributed by atoms with Gasteiger partial charge in [-0.1, -0.05) is 24.3 Å². The van der Waals surface area contributed by atoms with E-state index in [9.17, 15) is 14.4 Å². The topological polar surface area (TPSA) is 146 Å². The summed E-state index contributed by atoms with van der Waals surface area (Å²) in [5.41, 5.74) is 6.66. The average Bonchev–Trinajstić information content (AvgIpc) is 2.70. The van der Waals surface area contributed by atoms with Crippen LogP contribution in [0.15, 0.2) is 24.3 Å². The van der Waals surface area contributed by atoms with Crippen LogP contribution in [0.3, 0.4) is 0 Å². The number of carboxylic acids is 1. The number of carbonyl (C=O) groups is 3. The molecule has 0 spiro atoms. The summed E-state index contributed by atoms with van der Waals surface area (Å²) in [6.45, 7) is 6.64. The van der Waals surface area contributed by atoms with Gasteiger partial charge in [0.05, 0.1) is 39.1 Å². The van der Waals surface area contributed by atoms with Crippen molar-refractivity contribution >= 4 is 18.0 Å². The zero-order valence-electron chi connectivity index (χ0n) is 19.6. The molecule has 0 saturated carbocycles. The predicted octanol–water partition coefficient (Wildman–Crippen LogP) is 2.02.